The molecule has 0 bridgehead atoms. The average Bonchev–Trinajstić information content (AvgIpc) is 2.90. The number of nitrogens with one attached hydrogen (secondary N) is 1. The smallest absolute Gasteiger partial charge is 0.260 e. The van der Waals surface area contributed by atoms with Crippen LogP contribution in [0.25, 0.3) is 22.0 Å². The Morgan fingerprint density at radius 1 is 0.886 bits per heavy atom. The maximum atomic E-state index is 12.4. The molecule has 0 unspecified atom stereocenters. The van der Waals surface area contributed by atoms with Crippen LogP contribution in [0.1, 0.15) is 19.3 Å². The van der Waals surface area contributed by atoms with E-state index in [0.29, 0.717) is 21.6 Å². The molecule has 1 aliphatic heterocycles. The van der Waals surface area contributed by atoms with Gasteiger partial charge < -0.3 is 15.0 Å². The Hall–Kier alpha value is -3.35. The number of rotatable bonds is 6. The van der Waals surface area contributed by atoms with Gasteiger partial charge in [0.25, 0.3) is 5.91 Å². The number of halogens is 2. The van der Waals surface area contributed by atoms with Gasteiger partial charge in [-0.3, -0.25) is 4.79 Å². The lowest BCUT2D eigenvalue weighted by Gasteiger charge is -2.26. The summed E-state index contributed by atoms with van der Waals surface area (Å²) in [6.45, 7) is 1.70. The molecule has 35 heavy (non-hydrogen) atoms. The lowest BCUT2D eigenvalue weighted by atomic mass is 10.0. The monoisotopic (exact) mass is 506 g/mol. The number of nitrogens with zero attached hydrogens (tertiary/aromatic N) is 3. The summed E-state index contributed by atoms with van der Waals surface area (Å²) in [5, 5.41) is 15.1. The maximum absolute atomic E-state index is 12.4. The fourth-order valence-corrected chi connectivity index (χ4v) is 4.51. The summed E-state index contributed by atoms with van der Waals surface area (Å²) in [5.41, 5.74) is 2.44. The van der Waals surface area contributed by atoms with E-state index in [1.165, 1.54) is 6.42 Å². The van der Waals surface area contributed by atoms with Crippen molar-refractivity contribution in [3.63, 3.8) is 0 Å². The second-order valence-electron chi connectivity index (χ2n) is 8.45. The zero-order valence-corrected chi connectivity index (χ0v) is 20.5. The van der Waals surface area contributed by atoms with Gasteiger partial charge in [-0.25, -0.2) is 0 Å². The van der Waals surface area contributed by atoms with Crippen LogP contribution in [0.2, 0.25) is 10.0 Å². The molecule has 1 aliphatic rings. The Bertz CT molecular complexity index is 1360. The predicted octanol–water partition coefficient (Wildman–Crippen LogP) is 6.74. The van der Waals surface area contributed by atoms with E-state index < -0.39 is 0 Å². The van der Waals surface area contributed by atoms with Crippen molar-refractivity contribution >= 4 is 51.4 Å². The van der Waals surface area contributed by atoms with Crippen molar-refractivity contribution in [3.05, 3.63) is 76.8 Å². The highest BCUT2D eigenvalue weighted by atomic mass is 35.5. The zero-order valence-electron chi connectivity index (χ0n) is 19.0. The van der Waals surface area contributed by atoms with Crippen molar-refractivity contribution in [2.24, 2.45) is 0 Å². The van der Waals surface area contributed by atoms with Gasteiger partial charge >= 0.3 is 0 Å². The van der Waals surface area contributed by atoms with Gasteiger partial charge in [0.2, 0.25) is 0 Å². The molecule has 4 aromatic rings. The third-order valence-electron chi connectivity index (χ3n) is 6.07. The van der Waals surface area contributed by atoms with E-state index in [0.717, 1.165) is 53.6 Å². The number of ether oxygens (including phenoxy) is 1. The molecular formula is C27H24Cl2N4O2. The maximum Gasteiger partial charge on any atom is 0.260 e. The third kappa shape index (κ3) is 5.34. The highest BCUT2D eigenvalue weighted by Gasteiger charge is 2.17. The molecule has 178 valence electrons. The second-order valence-corrected chi connectivity index (χ2v) is 9.27. The Morgan fingerprint density at radius 2 is 1.63 bits per heavy atom. The standard InChI is InChI=1S/C27H24Cl2N4O2/c28-23-13-10-19(16-24(23)29)30-27-22-7-3-2-6-21(22)26(31-32-27)18-8-11-20(12-9-18)35-17-25(34)33-14-4-1-5-15-33/h2-3,6-13,16H,1,4-5,14-15,17H2,(H,30,32). The predicted molar refractivity (Wildman–Crippen MR) is 141 cm³/mol. The summed E-state index contributed by atoms with van der Waals surface area (Å²) in [5.74, 6) is 1.31. The molecule has 1 fully saturated rings. The van der Waals surface area contributed by atoms with E-state index in [1.807, 2.05) is 59.5 Å². The van der Waals surface area contributed by atoms with Crippen LogP contribution in [0.3, 0.4) is 0 Å². The van der Waals surface area contributed by atoms with Gasteiger partial charge in [-0.1, -0.05) is 47.5 Å². The summed E-state index contributed by atoms with van der Waals surface area (Å²) in [6, 6.07) is 20.9. The molecule has 0 saturated carbocycles. The summed E-state index contributed by atoms with van der Waals surface area (Å²) in [7, 11) is 0. The Balaban J connectivity index is 1.34. The van der Waals surface area contributed by atoms with Crippen molar-refractivity contribution in [1.29, 1.82) is 0 Å². The van der Waals surface area contributed by atoms with Gasteiger partial charge in [-0.15, -0.1) is 10.2 Å². The minimum atomic E-state index is 0.0377. The van der Waals surface area contributed by atoms with Crippen LogP contribution in [-0.2, 0) is 4.79 Å². The van der Waals surface area contributed by atoms with Crippen LogP contribution in [0.5, 0.6) is 5.75 Å². The van der Waals surface area contributed by atoms with E-state index >= 15 is 0 Å². The second kappa shape index (κ2) is 10.5. The van der Waals surface area contributed by atoms with E-state index in [2.05, 4.69) is 15.5 Å². The Morgan fingerprint density at radius 3 is 2.37 bits per heavy atom. The highest BCUT2D eigenvalue weighted by molar-refractivity contribution is 6.42. The van der Waals surface area contributed by atoms with Crippen molar-refractivity contribution < 1.29 is 9.53 Å². The molecule has 1 saturated heterocycles. The first-order valence-electron chi connectivity index (χ1n) is 11.6. The lowest BCUT2D eigenvalue weighted by Crippen LogP contribution is -2.38. The molecule has 8 heteroatoms. The Kier molecular flexibility index (Phi) is 7.02. The quantitative estimate of drug-likeness (QED) is 0.313. The number of carbonyl (C=O) groups is 1. The first-order valence-corrected chi connectivity index (χ1v) is 12.3. The molecule has 2 heterocycles. The molecule has 0 aliphatic carbocycles. The van der Waals surface area contributed by atoms with Crippen molar-refractivity contribution in [2.75, 3.05) is 25.0 Å². The summed E-state index contributed by atoms with van der Waals surface area (Å²) >= 11 is 12.2. The largest absolute Gasteiger partial charge is 0.484 e. The van der Waals surface area contributed by atoms with Crippen LogP contribution in [0.4, 0.5) is 11.5 Å². The molecule has 0 radical (unpaired) electrons. The van der Waals surface area contributed by atoms with Gasteiger partial charge in [0, 0.05) is 35.1 Å². The van der Waals surface area contributed by atoms with Crippen LogP contribution in [-0.4, -0.2) is 40.7 Å². The molecule has 1 aromatic heterocycles. The normalized spacial score (nSPS) is 13.6. The fraction of sp³-hybridized carbons (Fsp3) is 0.222. The van der Waals surface area contributed by atoms with Crippen LogP contribution in [0, 0.1) is 0 Å². The number of amides is 1. The van der Waals surface area contributed by atoms with E-state index in [1.54, 1.807) is 12.1 Å². The molecule has 3 aromatic carbocycles. The number of piperidine rings is 1. The highest BCUT2D eigenvalue weighted by Crippen LogP contribution is 2.33. The number of hydrogen-bond donors (Lipinski definition) is 1. The van der Waals surface area contributed by atoms with E-state index in [4.69, 9.17) is 27.9 Å². The number of benzene rings is 3. The fourth-order valence-electron chi connectivity index (χ4n) is 4.21. The summed E-state index contributed by atoms with van der Waals surface area (Å²) in [6.07, 6.45) is 3.32. The topological polar surface area (TPSA) is 67.3 Å². The first kappa shape index (κ1) is 23.4. The first-order chi connectivity index (χ1) is 17.1. The molecule has 5 rings (SSSR count). The Labute approximate surface area is 213 Å². The van der Waals surface area contributed by atoms with E-state index in [-0.39, 0.29) is 12.5 Å². The number of likely N-dealkylation sites (tertiary alicyclic amines) is 1. The SMILES string of the molecule is O=C(COc1ccc(-c2nnc(Nc3ccc(Cl)c(Cl)c3)c3ccccc23)cc1)N1CCCCC1. The van der Waals surface area contributed by atoms with Gasteiger partial charge in [-0.2, -0.15) is 0 Å². The minimum Gasteiger partial charge on any atom is -0.484 e. The van der Waals surface area contributed by atoms with Crippen LogP contribution in [0.15, 0.2) is 66.7 Å². The molecule has 0 atom stereocenters. The van der Waals surface area contributed by atoms with E-state index in [9.17, 15) is 4.79 Å². The number of carbonyl (C=O) groups excluding carboxylic acids is 1. The lowest BCUT2D eigenvalue weighted by molar-refractivity contribution is -0.134. The van der Waals surface area contributed by atoms with Crippen molar-refractivity contribution in [1.82, 2.24) is 15.1 Å². The van der Waals surface area contributed by atoms with Gasteiger partial charge in [0.15, 0.2) is 12.4 Å². The summed E-state index contributed by atoms with van der Waals surface area (Å²) in [4.78, 5) is 14.2. The van der Waals surface area contributed by atoms with Crippen molar-refractivity contribution in [3.8, 4) is 17.0 Å². The van der Waals surface area contributed by atoms with Gasteiger partial charge in [0.05, 0.1) is 10.0 Å². The van der Waals surface area contributed by atoms with Crippen molar-refractivity contribution in [2.45, 2.75) is 19.3 Å². The van der Waals surface area contributed by atoms with Crippen LogP contribution >= 0.6 is 23.2 Å². The third-order valence-corrected chi connectivity index (χ3v) is 6.81. The molecular weight excluding hydrogens is 483 g/mol. The molecule has 6 nitrogen and oxygen atoms in total. The number of anilines is 2. The number of aromatic nitrogens is 2. The molecule has 1 amide bonds. The minimum absolute atomic E-state index is 0.0377. The summed E-state index contributed by atoms with van der Waals surface area (Å²) < 4.78 is 5.75. The number of fused-ring (bicyclic) bond motifs is 1. The number of hydrogen-bond acceptors (Lipinski definition) is 5. The molecule has 0 spiro atoms. The van der Waals surface area contributed by atoms with Gasteiger partial charge in [-0.05, 0) is 61.7 Å². The zero-order chi connectivity index (χ0) is 24.2. The average molecular weight is 507 g/mol. The van der Waals surface area contributed by atoms with Gasteiger partial charge in [0.1, 0.15) is 11.4 Å². The molecule has 1 N–H and O–H groups in total. The van der Waals surface area contributed by atoms with Crippen LogP contribution < -0.4 is 10.1 Å².